The molecule has 0 aliphatic rings. The molecule has 0 radical (unpaired) electrons. The van der Waals surface area contributed by atoms with Crippen molar-refractivity contribution >= 4 is 5.97 Å². The predicted octanol–water partition coefficient (Wildman–Crippen LogP) is 0.393. The number of aromatic carboxylic acids is 1. The van der Waals surface area contributed by atoms with Crippen LogP contribution in [0.3, 0.4) is 0 Å². The number of carbonyl (C=O) groups is 1. The fourth-order valence-corrected chi connectivity index (χ4v) is 0.912. The molecule has 3 N–H and O–H groups in total. The third kappa shape index (κ3) is 2.40. The highest BCUT2D eigenvalue weighted by molar-refractivity contribution is 5.86. The Hall–Kier alpha value is -1.69. The van der Waals surface area contributed by atoms with Gasteiger partial charge in [0.05, 0.1) is 24.6 Å². The van der Waals surface area contributed by atoms with Crippen LogP contribution in [0.4, 0.5) is 4.39 Å². The third-order valence-corrected chi connectivity index (χ3v) is 1.66. The van der Waals surface area contributed by atoms with Gasteiger partial charge >= 0.3 is 5.97 Å². The Kier molecular flexibility index (Phi) is 3.35. The summed E-state index contributed by atoms with van der Waals surface area (Å²) < 4.78 is 13.4. The molecule has 14 heavy (non-hydrogen) atoms. The van der Waals surface area contributed by atoms with Crippen LogP contribution in [-0.4, -0.2) is 27.4 Å². The van der Waals surface area contributed by atoms with Gasteiger partial charge in [0.25, 0.3) is 0 Å². The number of hydrogen-bond acceptors (Lipinski definition) is 3. The van der Waals surface area contributed by atoms with E-state index >= 15 is 0 Å². The van der Waals surface area contributed by atoms with Crippen LogP contribution in [0.2, 0.25) is 0 Å². The van der Waals surface area contributed by atoms with E-state index < -0.39 is 5.97 Å². The molecule has 0 aromatic carbocycles. The van der Waals surface area contributed by atoms with Crippen molar-refractivity contribution in [1.82, 2.24) is 9.78 Å². The Morgan fingerprint density at radius 2 is 2.50 bits per heavy atom. The monoisotopic (exact) mass is 199 g/mol. The summed E-state index contributed by atoms with van der Waals surface area (Å²) in [5.41, 5.74) is 5.65. The average molecular weight is 199 g/mol. The van der Waals surface area contributed by atoms with Gasteiger partial charge in [-0.15, -0.1) is 0 Å². The molecule has 0 saturated carbocycles. The van der Waals surface area contributed by atoms with E-state index in [2.05, 4.69) is 5.10 Å². The van der Waals surface area contributed by atoms with Crippen molar-refractivity contribution in [3.05, 3.63) is 29.9 Å². The molecule has 1 aromatic rings. The van der Waals surface area contributed by atoms with Crippen LogP contribution in [-0.2, 0) is 6.54 Å². The number of nitrogens with zero attached hydrogens (tertiary/aromatic N) is 2. The number of carboxylic acids is 1. The van der Waals surface area contributed by atoms with Crippen LogP contribution in [0, 0.1) is 0 Å². The van der Waals surface area contributed by atoms with Crippen molar-refractivity contribution in [3.8, 4) is 0 Å². The molecular formula is C8H10FN3O2. The van der Waals surface area contributed by atoms with Crippen LogP contribution >= 0.6 is 0 Å². The first kappa shape index (κ1) is 10.4. The van der Waals surface area contributed by atoms with Gasteiger partial charge in [-0.1, -0.05) is 0 Å². The van der Waals surface area contributed by atoms with Crippen molar-refractivity contribution in [2.24, 2.45) is 5.73 Å². The van der Waals surface area contributed by atoms with Crippen LogP contribution in [0.15, 0.2) is 24.3 Å². The van der Waals surface area contributed by atoms with E-state index in [9.17, 15) is 9.18 Å². The summed E-state index contributed by atoms with van der Waals surface area (Å²) in [7, 11) is 0. The lowest BCUT2D eigenvalue weighted by molar-refractivity contribution is 0.0697. The highest BCUT2D eigenvalue weighted by atomic mass is 19.1. The van der Waals surface area contributed by atoms with Crippen molar-refractivity contribution in [1.29, 1.82) is 0 Å². The normalized spacial score (nSPS) is 11.7. The summed E-state index contributed by atoms with van der Waals surface area (Å²) in [5, 5.41) is 12.3. The second-order valence-electron chi connectivity index (χ2n) is 2.70. The van der Waals surface area contributed by atoms with Crippen LogP contribution in [0.1, 0.15) is 10.4 Å². The molecule has 0 bridgehead atoms. The Bertz CT molecular complexity index is 359. The van der Waals surface area contributed by atoms with Gasteiger partial charge < -0.3 is 10.8 Å². The molecule has 6 heteroatoms. The van der Waals surface area contributed by atoms with E-state index in [1.807, 2.05) is 0 Å². The summed E-state index contributed by atoms with van der Waals surface area (Å²) in [5.74, 6) is -1.06. The molecule has 1 rings (SSSR count). The van der Waals surface area contributed by atoms with Gasteiger partial charge in [-0.25, -0.2) is 9.18 Å². The summed E-state index contributed by atoms with van der Waals surface area (Å²) in [4.78, 5) is 10.5. The molecule has 0 fully saturated rings. The fraction of sp³-hybridized carbons (Fsp3) is 0.250. The lowest BCUT2D eigenvalue weighted by Crippen LogP contribution is -2.10. The topological polar surface area (TPSA) is 81.1 Å². The molecule has 76 valence electrons. The minimum atomic E-state index is -1.06. The second-order valence-corrected chi connectivity index (χ2v) is 2.70. The Morgan fingerprint density at radius 3 is 2.93 bits per heavy atom. The number of aromatic nitrogens is 2. The lowest BCUT2D eigenvalue weighted by Gasteiger charge is -2.01. The molecule has 0 aliphatic heterocycles. The van der Waals surface area contributed by atoms with Gasteiger partial charge in [0, 0.05) is 12.7 Å². The predicted molar refractivity (Wildman–Crippen MR) is 47.4 cm³/mol. The van der Waals surface area contributed by atoms with E-state index in [1.165, 1.54) is 17.1 Å². The van der Waals surface area contributed by atoms with Gasteiger partial charge in [-0.05, 0) is 5.57 Å². The van der Waals surface area contributed by atoms with Crippen molar-refractivity contribution in [2.75, 3.05) is 6.54 Å². The smallest absolute Gasteiger partial charge is 0.338 e. The first-order valence-corrected chi connectivity index (χ1v) is 3.91. The maximum Gasteiger partial charge on any atom is 0.338 e. The molecule has 0 aliphatic carbocycles. The zero-order chi connectivity index (χ0) is 10.6. The van der Waals surface area contributed by atoms with E-state index in [0.717, 1.165) is 0 Å². The van der Waals surface area contributed by atoms with Gasteiger partial charge in [0.1, 0.15) is 0 Å². The highest BCUT2D eigenvalue weighted by Crippen LogP contribution is 2.01. The first-order chi connectivity index (χ1) is 6.67. The lowest BCUT2D eigenvalue weighted by atomic mass is 10.3. The zero-order valence-electron chi connectivity index (χ0n) is 7.35. The Labute approximate surface area is 79.6 Å². The van der Waals surface area contributed by atoms with Crippen molar-refractivity contribution in [2.45, 2.75) is 6.54 Å². The summed E-state index contributed by atoms with van der Waals surface area (Å²) in [6.45, 7) is 0.249. The summed E-state index contributed by atoms with van der Waals surface area (Å²) in [6, 6.07) is 0. The average Bonchev–Trinajstić information content (AvgIpc) is 2.62. The quantitative estimate of drug-likeness (QED) is 0.735. The number of halogens is 1. The fourth-order valence-electron chi connectivity index (χ4n) is 0.912. The van der Waals surface area contributed by atoms with E-state index in [-0.39, 0.29) is 18.7 Å². The summed E-state index contributed by atoms with van der Waals surface area (Å²) >= 11 is 0. The Morgan fingerprint density at radius 1 is 1.79 bits per heavy atom. The molecule has 1 aromatic heterocycles. The van der Waals surface area contributed by atoms with Crippen LogP contribution < -0.4 is 5.73 Å². The number of nitrogens with two attached hydrogens (primary N) is 1. The molecule has 5 nitrogen and oxygen atoms in total. The van der Waals surface area contributed by atoms with Gasteiger partial charge in [0.15, 0.2) is 0 Å². The SMILES string of the molecule is NCC(=CF)Cn1cc(C(=O)O)cn1. The number of carboxylic acid groups (broad SMARTS) is 1. The number of rotatable bonds is 4. The summed E-state index contributed by atoms with van der Waals surface area (Å²) in [6.07, 6.45) is 2.93. The maximum atomic E-state index is 12.1. The van der Waals surface area contributed by atoms with Crippen LogP contribution in [0.25, 0.3) is 0 Å². The molecule has 1 heterocycles. The highest BCUT2D eigenvalue weighted by Gasteiger charge is 2.06. The van der Waals surface area contributed by atoms with Crippen molar-refractivity contribution in [3.63, 3.8) is 0 Å². The zero-order valence-corrected chi connectivity index (χ0v) is 7.35. The molecular weight excluding hydrogens is 189 g/mol. The second kappa shape index (κ2) is 4.52. The van der Waals surface area contributed by atoms with Gasteiger partial charge in [-0.2, -0.15) is 5.10 Å². The van der Waals surface area contributed by atoms with Crippen molar-refractivity contribution < 1.29 is 14.3 Å². The van der Waals surface area contributed by atoms with Crippen LogP contribution in [0.5, 0.6) is 0 Å². The third-order valence-electron chi connectivity index (χ3n) is 1.66. The maximum absolute atomic E-state index is 12.1. The first-order valence-electron chi connectivity index (χ1n) is 3.91. The molecule has 0 atom stereocenters. The minimum absolute atomic E-state index is 0.0697. The minimum Gasteiger partial charge on any atom is -0.478 e. The molecule has 0 spiro atoms. The molecule has 0 unspecified atom stereocenters. The van der Waals surface area contributed by atoms with Gasteiger partial charge in [0.2, 0.25) is 0 Å². The molecule has 0 saturated heterocycles. The van der Waals surface area contributed by atoms with Gasteiger partial charge in [-0.3, -0.25) is 4.68 Å². The number of hydrogen-bond donors (Lipinski definition) is 2. The molecule has 0 amide bonds. The van der Waals surface area contributed by atoms with E-state index in [1.54, 1.807) is 0 Å². The Balaban J connectivity index is 2.73. The van der Waals surface area contributed by atoms with E-state index in [4.69, 9.17) is 10.8 Å². The largest absolute Gasteiger partial charge is 0.478 e. The van der Waals surface area contributed by atoms with E-state index in [0.29, 0.717) is 11.9 Å². The standard InChI is InChI=1S/C8H10FN3O2/c9-1-6(2-10)4-12-5-7(3-11-12)8(13)14/h1,3,5H,2,4,10H2,(H,13,14).